The molecule has 0 saturated carbocycles. The summed E-state index contributed by atoms with van der Waals surface area (Å²) in [5.41, 5.74) is 3.16. The molecule has 4 aromatic rings. The van der Waals surface area contributed by atoms with Gasteiger partial charge in [-0.3, -0.25) is 9.20 Å². The zero-order chi connectivity index (χ0) is 18.4. The third-order valence-electron chi connectivity index (χ3n) is 4.83. The Morgan fingerprint density at radius 1 is 1.30 bits per heavy atom. The average Bonchev–Trinajstić information content (AvgIpc) is 3.38. The van der Waals surface area contributed by atoms with Gasteiger partial charge in [0.15, 0.2) is 4.96 Å². The van der Waals surface area contributed by atoms with E-state index in [1.54, 1.807) is 17.4 Å². The van der Waals surface area contributed by atoms with Crippen molar-refractivity contribution in [3.8, 4) is 17.4 Å². The first-order valence-electron chi connectivity index (χ1n) is 8.55. The van der Waals surface area contributed by atoms with Gasteiger partial charge in [-0.15, -0.1) is 11.3 Å². The van der Waals surface area contributed by atoms with Crippen molar-refractivity contribution in [2.45, 2.75) is 18.9 Å². The van der Waals surface area contributed by atoms with Gasteiger partial charge >= 0.3 is 0 Å². The Labute approximate surface area is 158 Å². The molecular formula is C20H14N4O2S. The van der Waals surface area contributed by atoms with Crippen molar-refractivity contribution in [3.05, 3.63) is 70.7 Å². The van der Waals surface area contributed by atoms with Crippen LogP contribution in [0.5, 0.6) is 0 Å². The van der Waals surface area contributed by atoms with E-state index in [0.717, 1.165) is 21.9 Å². The lowest BCUT2D eigenvalue weighted by atomic mass is 9.97. The van der Waals surface area contributed by atoms with Crippen molar-refractivity contribution in [1.82, 2.24) is 14.7 Å². The van der Waals surface area contributed by atoms with E-state index in [1.807, 2.05) is 46.3 Å². The molecule has 27 heavy (non-hydrogen) atoms. The topological polar surface area (TPSA) is 83.3 Å². The first-order chi connectivity index (χ1) is 13.2. The van der Waals surface area contributed by atoms with Gasteiger partial charge in [-0.25, -0.2) is 4.98 Å². The van der Waals surface area contributed by atoms with Crippen LogP contribution in [-0.4, -0.2) is 15.3 Å². The van der Waals surface area contributed by atoms with Gasteiger partial charge < -0.3 is 9.73 Å². The number of nitrogens with one attached hydrogen (secondary N) is 1. The smallest absolute Gasteiger partial charge is 0.221 e. The Kier molecular flexibility index (Phi) is 3.59. The molecule has 3 aromatic heterocycles. The fraction of sp³-hybridized carbons (Fsp3) is 0.150. The first-order valence-corrected chi connectivity index (χ1v) is 9.43. The van der Waals surface area contributed by atoms with Crippen LogP contribution < -0.4 is 5.32 Å². The van der Waals surface area contributed by atoms with E-state index in [9.17, 15) is 10.1 Å². The summed E-state index contributed by atoms with van der Waals surface area (Å²) in [5, 5.41) is 14.2. The maximum atomic E-state index is 12.3. The maximum absolute atomic E-state index is 12.3. The van der Waals surface area contributed by atoms with Crippen molar-refractivity contribution in [2.24, 2.45) is 0 Å². The number of carbonyl (C=O) groups excluding carboxylic acids is 1. The van der Waals surface area contributed by atoms with Crippen molar-refractivity contribution in [3.63, 3.8) is 0 Å². The van der Waals surface area contributed by atoms with Gasteiger partial charge in [-0.05, 0) is 24.3 Å². The third-order valence-corrected chi connectivity index (χ3v) is 5.59. The molecule has 1 N–H and O–H groups in total. The van der Waals surface area contributed by atoms with E-state index in [0.29, 0.717) is 30.0 Å². The zero-order valence-electron chi connectivity index (χ0n) is 14.2. The van der Waals surface area contributed by atoms with E-state index in [-0.39, 0.29) is 11.8 Å². The first kappa shape index (κ1) is 15.9. The van der Waals surface area contributed by atoms with Crippen LogP contribution in [0, 0.1) is 11.3 Å². The number of carbonyl (C=O) groups is 1. The number of nitrogens with zero attached hydrogens (tertiary/aromatic N) is 3. The van der Waals surface area contributed by atoms with Crippen LogP contribution in [0.25, 0.3) is 16.3 Å². The molecule has 1 atom stereocenters. The number of hydrogen-bond acceptors (Lipinski definition) is 5. The molecule has 1 aliphatic rings. The van der Waals surface area contributed by atoms with Crippen LogP contribution in [0.4, 0.5) is 0 Å². The molecule has 0 unspecified atom stereocenters. The summed E-state index contributed by atoms with van der Waals surface area (Å²) < 4.78 is 8.18. The van der Waals surface area contributed by atoms with Gasteiger partial charge in [0.1, 0.15) is 11.5 Å². The highest BCUT2D eigenvalue weighted by atomic mass is 32.1. The number of fused-ring (bicyclic) bond motifs is 3. The number of rotatable bonds is 2. The molecule has 0 bridgehead atoms. The molecule has 1 amide bonds. The number of thiazole rings is 1. The van der Waals surface area contributed by atoms with Gasteiger partial charge in [0, 0.05) is 23.6 Å². The van der Waals surface area contributed by atoms with Gasteiger partial charge in [0.05, 0.1) is 35.5 Å². The predicted molar refractivity (Wildman–Crippen MR) is 100 cm³/mol. The summed E-state index contributed by atoms with van der Waals surface area (Å²) in [4.78, 5) is 17.8. The fourth-order valence-corrected chi connectivity index (χ4v) is 4.34. The lowest BCUT2D eigenvalue weighted by Gasteiger charge is -2.12. The number of benzene rings is 1. The lowest BCUT2D eigenvalue weighted by Crippen LogP contribution is -2.21. The quantitative estimate of drug-likeness (QED) is 0.580. The molecule has 0 fully saturated rings. The van der Waals surface area contributed by atoms with E-state index in [2.05, 4.69) is 16.4 Å². The molecule has 5 rings (SSSR count). The van der Waals surface area contributed by atoms with Gasteiger partial charge in [0.2, 0.25) is 5.91 Å². The molecule has 4 heterocycles. The highest BCUT2D eigenvalue weighted by molar-refractivity contribution is 7.15. The number of aromatic nitrogens is 2. The molecule has 0 spiro atoms. The highest BCUT2D eigenvalue weighted by Gasteiger charge is 2.31. The average molecular weight is 374 g/mol. The molecule has 1 aliphatic heterocycles. The van der Waals surface area contributed by atoms with Crippen molar-refractivity contribution in [1.29, 1.82) is 5.26 Å². The Hall–Kier alpha value is -3.37. The molecule has 7 heteroatoms. The van der Waals surface area contributed by atoms with Crippen LogP contribution in [-0.2, 0) is 11.3 Å². The number of nitriles is 1. The van der Waals surface area contributed by atoms with Crippen molar-refractivity contribution >= 4 is 22.2 Å². The van der Waals surface area contributed by atoms with Gasteiger partial charge in [-0.2, -0.15) is 5.26 Å². The number of imidazole rings is 1. The summed E-state index contributed by atoms with van der Waals surface area (Å²) in [5.74, 6) is 1.07. The second kappa shape index (κ2) is 6.11. The third kappa shape index (κ3) is 2.54. The van der Waals surface area contributed by atoms with E-state index in [1.165, 1.54) is 0 Å². The SMILES string of the molecule is N#Cc1ccccc1-c1ccc([C@H]2CC(=O)NCc3nc4sccn4c32)o1. The molecule has 0 radical (unpaired) electrons. The Balaban J connectivity index is 1.63. The monoisotopic (exact) mass is 374 g/mol. The van der Waals surface area contributed by atoms with Crippen LogP contribution in [0.3, 0.4) is 0 Å². The minimum absolute atomic E-state index is 0.0302. The predicted octanol–water partition coefficient (Wildman–Crippen LogP) is 3.68. The van der Waals surface area contributed by atoms with E-state index < -0.39 is 0 Å². The summed E-state index contributed by atoms with van der Waals surface area (Å²) in [6.07, 6.45) is 2.27. The maximum Gasteiger partial charge on any atom is 0.221 e. The van der Waals surface area contributed by atoms with E-state index >= 15 is 0 Å². The molecule has 0 aliphatic carbocycles. The van der Waals surface area contributed by atoms with Crippen LogP contribution in [0.2, 0.25) is 0 Å². The molecule has 132 valence electrons. The Bertz CT molecular complexity index is 1210. The summed E-state index contributed by atoms with van der Waals surface area (Å²) in [6.45, 7) is 0.421. The summed E-state index contributed by atoms with van der Waals surface area (Å²) in [7, 11) is 0. The molecular weight excluding hydrogens is 360 g/mol. The molecule has 0 saturated heterocycles. The van der Waals surface area contributed by atoms with Crippen molar-refractivity contribution < 1.29 is 9.21 Å². The number of furan rings is 1. The molecule has 6 nitrogen and oxygen atoms in total. The van der Waals surface area contributed by atoms with E-state index in [4.69, 9.17) is 4.42 Å². The normalized spacial score (nSPS) is 16.6. The summed E-state index contributed by atoms with van der Waals surface area (Å²) >= 11 is 1.57. The largest absolute Gasteiger partial charge is 0.460 e. The lowest BCUT2D eigenvalue weighted by molar-refractivity contribution is -0.121. The minimum atomic E-state index is -0.227. The van der Waals surface area contributed by atoms with Crippen LogP contribution >= 0.6 is 11.3 Å². The van der Waals surface area contributed by atoms with Crippen LogP contribution in [0.15, 0.2) is 52.4 Å². The van der Waals surface area contributed by atoms with Crippen LogP contribution in [0.1, 0.15) is 35.1 Å². The number of amides is 1. The van der Waals surface area contributed by atoms with Gasteiger partial charge in [0.25, 0.3) is 0 Å². The van der Waals surface area contributed by atoms with Gasteiger partial charge in [-0.1, -0.05) is 12.1 Å². The number of hydrogen-bond donors (Lipinski definition) is 1. The fourth-order valence-electron chi connectivity index (χ4n) is 3.60. The summed E-state index contributed by atoms with van der Waals surface area (Å²) in [6, 6.07) is 13.3. The second-order valence-electron chi connectivity index (χ2n) is 6.39. The second-order valence-corrected chi connectivity index (χ2v) is 7.27. The minimum Gasteiger partial charge on any atom is -0.460 e. The Morgan fingerprint density at radius 3 is 3.07 bits per heavy atom. The standard InChI is InChI=1S/C20H14N4O2S/c21-10-12-3-1-2-4-13(12)16-5-6-17(26-16)14-9-18(25)22-11-15-19(14)24-7-8-27-20(24)23-15/h1-8,14H,9,11H2,(H,22,25)/t14-/m1/s1. The molecule has 1 aromatic carbocycles. The highest BCUT2D eigenvalue weighted by Crippen LogP contribution is 2.37. The van der Waals surface area contributed by atoms with Crippen molar-refractivity contribution in [2.75, 3.05) is 0 Å². The zero-order valence-corrected chi connectivity index (χ0v) is 15.0. The Morgan fingerprint density at radius 2 is 2.19 bits per heavy atom.